The molecule has 0 aliphatic heterocycles. The second-order valence-corrected chi connectivity index (χ2v) is 34.5. The molecule has 6 atom stereocenters. The van der Waals surface area contributed by atoms with Gasteiger partial charge in [0.05, 0.1) is 33.0 Å². The molecule has 99 heavy (non-hydrogen) atoms. The fraction of sp³-hybridized carbons (Fsp3) is 0.778. The van der Waals surface area contributed by atoms with Crippen LogP contribution in [0.25, 0.3) is 0 Å². The van der Waals surface area contributed by atoms with Gasteiger partial charge in [-0.1, -0.05) is 135 Å². The first kappa shape index (κ1) is 98.2. The first-order chi connectivity index (χ1) is 45.3. The number of amides is 6. The highest BCUT2D eigenvalue weighted by molar-refractivity contribution is 5.84. The van der Waals surface area contributed by atoms with Crippen LogP contribution in [0.3, 0.4) is 0 Å². The third-order valence-electron chi connectivity index (χ3n) is 14.3. The van der Waals surface area contributed by atoms with Crippen molar-refractivity contribution < 1.29 is 57.2 Å². The molecule has 6 amide bonds. The van der Waals surface area contributed by atoms with E-state index in [2.05, 4.69) is 92.1 Å². The van der Waals surface area contributed by atoms with Gasteiger partial charge in [-0.15, -0.1) is 39.5 Å². The fourth-order valence-corrected chi connectivity index (χ4v) is 9.74. The van der Waals surface area contributed by atoms with Crippen molar-refractivity contribution in [2.24, 2.45) is 29.1 Å². The molecule has 6 unspecified atom stereocenters. The van der Waals surface area contributed by atoms with E-state index in [4.69, 9.17) is 28.4 Å². The van der Waals surface area contributed by atoms with Gasteiger partial charge in [-0.3, -0.25) is 28.8 Å². The second-order valence-electron chi connectivity index (χ2n) is 34.5. The zero-order valence-corrected chi connectivity index (χ0v) is 67.7. The van der Waals surface area contributed by atoms with Crippen molar-refractivity contribution in [1.82, 2.24) is 31.9 Å². The SMILES string of the molecule is C=CCOC(CC(=C)C)C(=O)NC(C)(C)C.C=CCOC(CC(C)(C)C)C(=O)NC(C)(C)C.C=CCOC(CC1CC1)C(=O)NC(C)(C)C.C=CCOC(CC1CCC1)C(=O)NC(C)(C)C.C=CCOC(CC1CCCC1)C(=O)NC(C)(C)C.CCCOC(C(=O)NC(C)(C)C)C(C)C. The molecule has 3 fully saturated rings. The van der Waals surface area contributed by atoms with E-state index in [9.17, 15) is 28.8 Å². The Bertz CT molecular complexity index is 2340. The van der Waals surface area contributed by atoms with E-state index >= 15 is 0 Å². The van der Waals surface area contributed by atoms with Crippen molar-refractivity contribution in [1.29, 1.82) is 0 Å². The van der Waals surface area contributed by atoms with Gasteiger partial charge in [-0.05, 0) is 193 Å². The zero-order valence-electron chi connectivity index (χ0n) is 67.7. The minimum Gasteiger partial charge on any atom is -0.368 e. The Labute approximate surface area is 605 Å². The molecular weight excluding hydrogens is 1250 g/mol. The summed E-state index contributed by atoms with van der Waals surface area (Å²) in [5.74, 6) is 2.06. The topological polar surface area (TPSA) is 230 Å². The van der Waals surface area contributed by atoms with E-state index in [1.165, 1.54) is 57.8 Å². The fourth-order valence-electron chi connectivity index (χ4n) is 9.74. The molecule has 3 aliphatic rings. The molecule has 3 rings (SSSR count). The van der Waals surface area contributed by atoms with Crippen molar-refractivity contribution in [3.63, 3.8) is 0 Å². The van der Waals surface area contributed by atoms with Gasteiger partial charge in [0, 0.05) is 46.3 Å². The number of hydrogen-bond donors (Lipinski definition) is 6. The number of hydrogen-bond acceptors (Lipinski definition) is 12. The van der Waals surface area contributed by atoms with Crippen LogP contribution in [0.15, 0.2) is 75.4 Å². The van der Waals surface area contributed by atoms with Crippen molar-refractivity contribution in [3.05, 3.63) is 75.4 Å². The minimum atomic E-state index is -0.477. The van der Waals surface area contributed by atoms with Crippen molar-refractivity contribution in [3.8, 4) is 0 Å². The third kappa shape index (κ3) is 59.3. The van der Waals surface area contributed by atoms with Gasteiger partial charge >= 0.3 is 0 Å². The predicted molar refractivity (Wildman–Crippen MR) is 411 cm³/mol. The summed E-state index contributed by atoms with van der Waals surface area (Å²) in [4.78, 5) is 72.0. The molecule has 0 spiro atoms. The molecule has 0 heterocycles. The van der Waals surface area contributed by atoms with Gasteiger partial charge in [-0.25, -0.2) is 0 Å². The van der Waals surface area contributed by atoms with Crippen molar-refractivity contribution in [2.45, 2.75) is 339 Å². The number of ether oxygens (including phenoxy) is 6. The smallest absolute Gasteiger partial charge is 0.249 e. The van der Waals surface area contributed by atoms with Gasteiger partial charge in [0.25, 0.3) is 0 Å². The van der Waals surface area contributed by atoms with Crippen LogP contribution in [0.2, 0.25) is 0 Å². The van der Waals surface area contributed by atoms with Crippen LogP contribution in [0.1, 0.15) is 269 Å². The average Bonchev–Trinajstić information content (AvgIpc) is 1.39. The van der Waals surface area contributed by atoms with Crippen LogP contribution in [-0.4, -0.2) is 145 Å². The van der Waals surface area contributed by atoms with Crippen LogP contribution in [0.4, 0.5) is 0 Å². The molecular formula is C81H150N6O12. The molecule has 6 N–H and O–H groups in total. The van der Waals surface area contributed by atoms with Crippen LogP contribution >= 0.6 is 0 Å². The third-order valence-corrected chi connectivity index (χ3v) is 14.3. The van der Waals surface area contributed by atoms with Gasteiger partial charge in [-0.2, -0.15) is 0 Å². The summed E-state index contributed by atoms with van der Waals surface area (Å²) in [6.07, 6.45) is 22.2. The van der Waals surface area contributed by atoms with Crippen LogP contribution in [0.5, 0.6) is 0 Å². The predicted octanol–water partition coefficient (Wildman–Crippen LogP) is 15.7. The molecule has 0 aromatic heterocycles. The normalized spacial score (nSPS) is 16.1. The summed E-state index contributed by atoms with van der Waals surface area (Å²) in [5, 5.41) is 17.7. The van der Waals surface area contributed by atoms with Gasteiger partial charge in [0.15, 0.2) is 0 Å². The van der Waals surface area contributed by atoms with E-state index < -0.39 is 12.2 Å². The van der Waals surface area contributed by atoms with Crippen molar-refractivity contribution >= 4 is 35.4 Å². The Hall–Kier alpha value is -4.98. The Kier molecular flexibility index (Phi) is 49.2. The Morgan fingerprint density at radius 1 is 0.384 bits per heavy atom. The Morgan fingerprint density at radius 2 is 0.636 bits per heavy atom. The highest BCUT2D eigenvalue weighted by Gasteiger charge is 2.34. The highest BCUT2D eigenvalue weighted by atomic mass is 16.5. The number of rotatable bonds is 34. The van der Waals surface area contributed by atoms with Crippen molar-refractivity contribution in [2.75, 3.05) is 39.6 Å². The first-order valence-electron chi connectivity index (χ1n) is 36.7. The molecule has 0 radical (unpaired) electrons. The molecule has 576 valence electrons. The molecule has 18 heteroatoms. The standard InChI is InChI=1S/C15H27NO2.C14H25NO2.C14H27NO2.2C13H23NO2.C12H25NO2/c1-5-10-18-13(11-12-8-6-7-9-12)14(17)16-15(2,3)4;1-5-9-17-12(10-11-7-6-8-11)13(16)15-14(2,3)4;1-8-9-17-11(10-13(2,3)4)12(16)15-14(5,6)7;1-5-8-16-11(9-10-6-7-10)12(15)14-13(2,3)4;1-7-8-16-11(9-10(2)3)12(15)14-13(4,5)6;1-7-8-15-10(9(2)3)11(14)13-12(4,5)6/h5,12-13H,1,6-11H2,2-4H3,(H,16,17);5,11-12H,1,6-10H2,2-4H3,(H,15,16);8,11H,1,9-10H2,2-7H3,(H,15,16);5,10-11H,1,6-9H2,2-4H3,(H,14,15);7,11H,1-2,8-9H2,3-6H3,(H,14,15);9-10H,7-8H2,1-6H3,(H,13,14). The van der Waals surface area contributed by atoms with Gasteiger partial charge < -0.3 is 60.3 Å². The summed E-state index contributed by atoms with van der Waals surface area (Å²) in [6.45, 7) is 74.3. The molecule has 0 aromatic carbocycles. The monoisotopic (exact) mass is 1400 g/mol. The maximum atomic E-state index is 12.2. The van der Waals surface area contributed by atoms with Gasteiger partial charge in [0.1, 0.15) is 36.6 Å². The van der Waals surface area contributed by atoms with E-state index in [-0.39, 0.29) is 104 Å². The Balaban J connectivity index is -0.00000112. The quantitative estimate of drug-likeness (QED) is 0.0331. The number of nitrogens with one attached hydrogen (secondary N) is 6. The number of carbonyl (C=O) groups is 6. The molecule has 3 saturated carbocycles. The van der Waals surface area contributed by atoms with E-state index in [1.54, 1.807) is 30.4 Å². The maximum Gasteiger partial charge on any atom is 0.249 e. The summed E-state index contributed by atoms with van der Waals surface area (Å²) in [7, 11) is 0. The lowest BCUT2D eigenvalue weighted by Crippen LogP contribution is -2.48. The van der Waals surface area contributed by atoms with Crippen LogP contribution in [0, 0.1) is 29.1 Å². The summed E-state index contributed by atoms with van der Waals surface area (Å²) < 4.78 is 33.2. The molecule has 0 aromatic rings. The summed E-state index contributed by atoms with van der Waals surface area (Å²) in [6, 6.07) is 0. The van der Waals surface area contributed by atoms with E-state index in [0.717, 1.165) is 31.3 Å². The second kappa shape index (κ2) is 49.6. The van der Waals surface area contributed by atoms with E-state index in [1.807, 2.05) is 152 Å². The maximum absolute atomic E-state index is 12.2. The van der Waals surface area contributed by atoms with E-state index in [0.29, 0.717) is 70.2 Å². The molecule has 0 saturated heterocycles. The Morgan fingerprint density at radius 3 is 0.869 bits per heavy atom. The highest BCUT2D eigenvalue weighted by Crippen LogP contribution is 2.35. The van der Waals surface area contributed by atoms with Gasteiger partial charge in [0.2, 0.25) is 35.4 Å². The lowest BCUT2D eigenvalue weighted by atomic mass is 9.81. The van der Waals surface area contributed by atoms with Crippen LogP contribution < -0.4 is 31.9 Å². The lowest BCUT2D eigenvalue weighted by molar-refractivity contribution is -0.137. The summed E-state index contributed by atoms with van der Waals surface area (Å²) in [5.41, 5.74) is -0.294. The zero-order chi connectivity index (χ0) is 77.2. The largest absolute Gasteiger partial charge is 0.368 e. The van der Waals surface area contributed by atoms with Crippen LogP contribution in [-0.2, 0) is 57.2 Å². The molecule has 3 aliphatic carbocycles. The molecule has 18 nitrogen and oxygen atoms in total. The average molecular weight is 1400 g/mol. The number of carbonyl (C=O) groups excluding carboxylic acids is 6. The summed E-state index contributed by atoms with van der Waals surface area (Å²) >= 11 is 0. The minimum absolute atomic E-state index is 0.00116. The molecule has 0 bridgehead atoms. The first-order valence-corrected chi connectivity index (χ1v) is 36.7. The lowest BCUT2D eigenvalue weighted by Gasteiger charge is -2.31.